The fourth-order valence-corrected chi connectivity index (χ4v) is 3.76. The number of hydrogen-bond donors (Lipinski definition) is 2. The highest BCUT2D eigenvalue weighted by Gasteiger charge is 2.14. The van der Waals surface area contributed by atoms with E-state index in [9.17, 15) is 0 Å². The van der Waals surface area contributed by atoms with E-state index in [1.54, 1.807) is 6.20 Å². The predicted octanol–water partition coefficient (Wildman–Crippen LogP) is 5.26. The summed E-state index contributed by atoms with van der Waals surface area (Å²) < 4.78 is 6.04. The molecule has 32 heavy (non-hydrogen) atoms. The van der Waals surface area contributed by atoms with Gasteiger partial charge in [-0.2, -0.15) is 4.98 Å². The van der Waals surface area contributed by atoms with Crippen molar-refractivity contribution in [1.29, 1.82) is 0 Å². The monoisotopic (exact) mass is 424 g/mol. The lowest BCUT2D eigenvalue weighted by molar-refractivity contribution is 0.482. The minimum absolute atomic E-state index is 0.223. The number of aromatic nitrogens is 3. The molecule has 0 aliphatic carbocycles. The molecule has 7 heteroatoms. The minimum atomic E-state index is 0.223. The minimum Gasteiger partial charge on any atom is -0.457 e. The summed E-state index contributed by atoms with van der Waals surface area (Å²) in [4.78, 5) is 15.4. The molecule has 160 valence electrons. The number of benzene rings is 2. The van der Waals surface area contributed by atoms with Crippen molar-refractivity contribution in [1.82, 2.24) is 15.0 Å². The second kappa shape index (κ2) is 8.93. The number of nitrogens with one attached hydrogen (secondary N) is 1. The molecule has 1 aliphatic heterocycles. The lowest BCUT2D eigenvalue weighted by Crippen LogP contribution is -2.18. The first-order chi connectivity index (χ1) is 15.7. The van der Waals surface area contributed by atoms with E-state index in [0.717, 1.165) is 47.4 Å². The second-order valence-corrected chi connectivity index (χ2v) is 7.66. The zero-order valence-electron chi connectivity index (χ0n) is 17.6. The number of nitrogen functional groups attached to an aromatic ring is 1. The average Bonchev–Trinajstić information content (AvgIpc) is 3.36. The molecule has 1 saturated heterocycles. The first kappa shape index (κ1) is 19.8. The SMILES string of the molecule is Nc1nc(Nc2ccc(Oc3ccnc(N4CCCC4)c3)cc2)cc(-c2ccccc2)n1. The summed E-state index contributed by atoms with van der Waals surface area (Å²) in [5.41, 5.74) is 8.56. The quantitative estimate of drug-likeness (QED) is 0.436. The number of hydrogen-bond acceptors (Lipinski definition) is 7. The summed E-state index contributed by atoms with van der Waals surface area (Å²) in [7, 11) is 0. The Morgan fingerprint density at radius 2 is 1.62 bits per heavy atom. The smallest absolute Gasteiger partial charge is 0.222 e. The molecule has 7 nitrogen and oxygen atoms in total. The van der Waals surface area contributed by atoms with Gasteiger partial charge in [0.15, 0.2) is 0 Å². The van der Waals surface area contributed by atoms with E-state index in [1.807, 2.05) is 72.8 Å². The predicted molar refractivity (Wildman–Crippen MR) is 127 cm³/mol. The van der Waals surface area contributed by atoms with Crippen LogP contribution in [-0.4, -0.2) is 28.0 Å². The molecule has 5 rings (SSSR count). The molecule has 2 aromatic carbocycles. The molecule has 4 aromatic rings. The van der Waals surface area contributed by atoms with Crippen LogP contribution in [0.4, 0.5) is 23.3 Å². The van der Waals surface area contributed by atoms with Crippen molar-refractivity contribution in [3.63, 3.8) is 0 Å². The van der Waals surface area contributed by atoms with Gasteiger partial charge in [-0.3, -0.25) is 0 Å². The fourth-order valence-electron chi connectivity index (χ4n) is 3.76. The van der Waals surface area contributed by atoms with Crippen LogP contribution < -0.4 is 20.7 Å². The molecule has 1 fully saturated rings. The van der Waals surface area contributed by atoms with Crippen LogP contribution in [0.15, 0.2) is 79.0 Å². The van der Waals surface area contributed by atoms with Crippen molar-refractivity contribution in [2.24, 2.45) is 0 Å². The van der Waals surface area contributed by atoms with E-state index in [-0.39, 0.29) is 5.95 Å². The Balaban J connectivity index is 1.28. The third-order valence-electron chi connectivity index (χ3n) is 5.32. The Bertz CT molecular complexity index is 1190. The number of nitrogens with two attached hydrogens (primary N) is 1. The van der Waals surface area contributed by atoms with Gasteiger partial charge in [-0.25, -0.2) is 9.97 Å². The molecule has 0 spiro atoms. The number of pyridine rings is 1. The van der Waals surface area contributed by atoms with Gasteiger partial charge in [0.25, 0.3) is 0 Å². The van der Waals surface area contributed by atoms with Gasteiger partial charge in [0.05, 0.1) is 5.69 Å². The topological polar surface area (TPSA) is 89.2 Å². The Labute approximate surface area is 186 Å². The maximum Gasteiger partial charge on any atom is 0.222 e. The van der Waals surface area contributed by atoms with Gasteiger partial charge >= 0.3 is 0 Å². The largest absolute Gasteiger partial charge is 0.457 e. The molecular weight excluding hydrogens is 400 g/mol. The van der Waals surface area contributed by atoms with Crippen LogP contribution in [0, 0.1) is 0 Å². The molecule has 0 unspecified atom stereocenters. The van der Waals surface area contributed by atoms with Crippen LogP contribution >= 0.6 is 0 Å². The van der Waals surface area contributed by atoms with Crippen molar-refractivity contribution >= 4 is 23.3 Å². The maximum absolute atomic E-state index is 6.04. The third kappa shape index (κ3) is 4.62. The van der Waals surface area contributed by atoms with Gasteiger partial charge < -0.3 is 20.7 Å². The van der Waals surface area contributed by atoms with E-state index in [4.69, 9.17) is 10.5 Å². The Kier molecular flexibility index (Phi) is 5.53. The van der Waals surface area contributed by atoms with Gasteiger partial charge in [0, 0.05) is 42.7 Å². The first-order valence-corrected chi connectivity index (χ1v) is 10.7. The van der Waals surface area contributed by atoms with Crippen LogP contribution in [0.3, 0.4) is 0 Å². The molecule has 0 saturated carbocycles. The molecule has 3 heterocycles. The van der Waals surface area contributed by atoms with Crippen LogP contribution in [0.25, 0.3) is 11.3 Å². The highest BCUT2D eigenvalue weighted by atomic mass is 16.5. The summed E-state index contributed by atoms with van der Waals surface area (Å²) in [6.07, 6.45) is 4.22. The number of nitrogens with zero attached hydrogens (tertiary/aromatic N) is 4. The molecular formula is C25H24N6O. The summed E-state index contributed by atoms with van der Waals surface area (Å²) in [5, 5.41) is 3.29. The lowest BCUT2D eigenvalue weighted by atomic mass is 10.1. The zero-order valence-corrected chi connectivity index (χ0v) is 17.6. The summed E-state index contributed by atoms with van der Waals surface area (Å²) >= 11 is 0. The summed E-state index contributed by atoms with van der Waals surface area (Å²) in [6.45, 7) is 2.10. The standard InChI is InChI=1S/C25H24N6O/c26-25-29-22(18-6-2-1-3-7-18)17-23(30-25)28-19-8-10-20(11-9-19)32-21-12-13-27-24(16-21)31-14-4-5-15-31/h1-3,6-13,16-17H,4-5,14-15H2,(H3,26,28,29,30). The first-order valence-electron chi connectivity index (χ1n) is 10.7. The van der Waals surface area contributed by atoms with E-state index in [1.165, 1.54) is 12.8 Å². The third-order valence-corrected chi connectivity index (χ3v) is 5.32. The average molecular weight is 425 g/mol. The Morgan fingerprint density at radius 1 is 0.844 bits per heavy atom. The molecule has 2 aromatic heterocycles. The molecule has 1 aliphatic rings. The molecule has 0 atom stereocenters. The van der Waals surface area contributed by atoms with Crippen molar-refractivity contribution < 1.29 is 4.74 Å². The van der Waals surface area contributed by atoms with Gasteiger partial charge in [-0.15, -0.1) is 0 Å². The summed E-state index contributed by atoms with van der Waals surface area (Å²) in [5.74, 6) is 3.35. The second-order valence-electron chi connectivity index (χ2n) is 7.66. The Morgan fingerprint density at radius 3 is 2.41 bits per heavy atom. The van der Waals surface area contributed by atoms with Crippen molar-refractivity contribution in [3.05, 3.63) is 79.0 Å². The van der Waals surface area contributed by atoms with Crippen molar-refractivity contribution in [3.8, 4) is 22.8 Å². The van der Waals surface area contributed by atoms with E-state index in [0.29, 0.717) is 5.82 Å². The molecule has 0 amide bonds. The number of ether oxygens (including phenoxy) is 1. The van der Waals surface area contributed by atoms with E-state index >= 15 is 0 Å². The van der Waals surface area contributed by atoms with Crippen LogP contribution in [0.2, 0.25) is 0 Å². The highest BCUT2D eigenvalue weighted by molar-refractivity contribution is 5.67. The maximum atomic E-state index is 6.04. The van der Waals surface area contributed by atoms with Gasteiger partial charge in [0.1, 0.15) is 23.1 Å². The lowest BCUT2D eigenvalue weighted by Gasteiger charge is -2.17. The fraction of sp³-hybridized carbons (Fsp3) is 0.160. The molecule has 0 bridgehead atoms. The van der Waals surface area contributed by atoms with Crippen LogP contribution in [0.5, 0.6) is 11.5 Å². The van der Waals surface area contributed by atoms with Crippen LogP contribution in [0.1, 0.15) is 12.8 Å². The van der Waals surface area contributed by atoms with Crippen LogP contribution in [-0.2, 0) is 0 Å². The van der Waals surface area contributed by atoms with Gasteiger partial charge in [0.2, 0.25) is 5.95 Å². The summed E-state index contributed by atoms with van der Waals surface area (Å²) in [6, 6.07) is 23.4. The van der Waals surface area contributed by atoms with Crippen molar-refractivity contribution in [2.45, 2.75) is 12.8 Å². The molecule has 0 radical (unpaired) electrons. The van der Waals surface area contributed by atoms with Gasteiger partial charge in [-0.05, 0) is 43.2 Å². The van der Waals surface area contributed by atoms with Crippen molar-refractivity contribution in [2.75, 3.05) is 29.0 Å². The Hall–Kier alpha value is -4.13. The number of anilines is 4. The number of rotatable bonds is 6. The normalized spacial score (nSPS) is 13.2. The van der Waals surface area contributed by atoms with E-state index in [2.05, 4.69) is 25.2 Å². The van der Waals surface area contributed by atoms with E-state index < -0.39 is 0 Å². The molecule has 3 N–H and O–H groups in total. The van der Waals surface area contributed by atoms with Gasteiger partial charge in [-0.1, -0.05) is 30.3 Å². The highest BCUT2D eigenvalue weighted by Crippen LogP contribution is 2.28. The zero-order chi connectivity index (χ0) is 21.8.